The third-order valence-corrected chi connectivity index (χ3v) is 3.04. The van der Waals surface area contributed by atoms with E-state index in [-0.39, 0.29) is 13.0 Å². The summed E-state index contributed by atoms with van der Waals surface area (Å²) in [6.45, 7) is 3.15. The molecule has 0 saturated carbocycles. The minimum atomic E-state index is -5.82. The number of hydrogen-bond acceptors (Lipinski definition) is 5. The Morgan fingerprint density at radius 1 is 1.20 bits per heavy atom. The number of halogens is 5. The molecule has 0 N–H and O–H groups in total. The fraction of sp³-hybridized carbons (Fsp3) is 0.533. The van der Waals surface area contributed by atoms with Crippen LogP contribution < -0.4 is 4.74 Å². The third-order valence-electron chi connectivity index (χ3n) is 3.04. The van der Waals surface area contributed by atoms with Crippen molar-refractivity contribution in [2.24, 2.45) is 0 Å². The number of alkyl halides is 5. The standard InChI is InChI=1S/C15H16F5NO4/c1-3-11(10(22)8-13(23)24-4-2)25-9-5-6-21-12(7-9)14(16,17)15(18,19)20/h5-7,11H,3-4,8H2,1-2H3. The maximum Gasteiger partial charge on any atom is 0.459 e. The van der Waals surface area contributed by atoms with E-state index in [9.17, 15) is 31.5 Å². The number of Topliss-reactive ketones (excluding diaryl/α,β-unsaturated/α-hetero) is 1. The predicted octanol–water partition coefficient (Wildman–Crippen LogP) is 3.42. The average Bonchev–Trinajstić information content (AvgIpc) is 2.51. The second kappa shape index (κ2) is 8.21. The Morgan fingerprint density at radius 2 is 1.84 bits per heavy atom. The first-order chi connectivity index (χ1) is 11.5. The van der Waals surface area contributed by atoms with Crippen LogP contribution in [-0.2, 0) is 20.2 Å². The van der Waals surface area contributed by atoms with Crippen LogP contribution in [0.25, 0.3) is 0 Å². The molecule has 0 spiro atoms. The van der Waals surface area contributed by atoms with E-state index < -0.39 is 47.8 Å². The number of aromatic nitrogens is 1. The molecule has 0 aliphatic rings. The molecule has 0 bridgehead atoms. The molecule has 0 aromatic carbocycles. The van der Waals surface area contributed by atoms with Gasteiger partial charge in [-0.2, -0.15) is 22.0 Å². The van der Waals surface area contributed by atoms with E-state index in [0.717, 1.165) is 6.07 Å². The van der Waals surface area contributed by atoms with Gasteiger partial charge in [-0.05, 0) is 19.4 Å². The van der Waals surface area contributed by atoms with Gasteiger partial charge in [-0.15, -0.1) is 0 Å². The van der Waals surface area contributed by atoms with Crippen LogP contribution in [0.4, 0.5) is 22.0 Å². The van der Waals surface area contributed by atoms with Crippen molar-refractivity contribution in [1.82, 2.24) is 4.98 Å². The van der Waals surface area contributed by atoms with Crippen LogP contribution in [0.3, 0.4) is 0 Å². The summed E-state index contributed by atoms with van der Waals surface area (Å²) in [5.41, 5.74) is -1.55. The van der Waals surface area contributed by atoms with Gasteiger partial charge in [-0.3, -0.25) is 14.6 Å². The van der Waals surface area contributed by atoms with Crippen molar-refractivity contribution in [3.8, 4) is 5.75 Å². The fourth-order valence-corrected chi connectivity index (χ4v) is 1.81. The van der Waals surface area contributed by atoms with Crippen LogP contribution in [0, 0.1) is 0 Å². The van der Waals surface area contributed by atoms with Gasteiger partial charge in [0.15, 0.2) is 11.9 Å². The molecule has 0 aliphatic carbocycles. The Kier molecular flexibility index (Phi) is 6.83. The Morgan fingerprint density at radius 3 is 2.36 bits per heavy atom. The number of hydrogen-bond donors (Lipinski definition) is 0. The first-order valence-electron chi connectivity index (χ1n) is 7.29. The topological polar surface area (TPSA) is 65.5 Å². The highest BCUT2D eigenvalue weighted by Gasteiger charge is 2.60. The van der Waals surface area contributed by atoms with Gasteiger partial charge in [-0.25, -0.2) is 0 Å². The number of pyridine rings is 1. The molecule has 0 fully saturated rings. The molecule has 1 unspecified atom stereocenters. The van der Waals surface area contributed by atoms with E-state index in [4.69, 9.17) is 4.74 Å². The second-order valence-corrected chi connectivity index (χ2v) is 4.91. The summed E-state index contributed by atoms with van der Waals surface area (Å²) >= 11 is 0. The van der Waals surface area contributed by atoms with Crippen LogP contribution in [0.2, 0.25) is 0 Å². The van der Waals surface area contributed by atoms with Gasteiger partial charge in [0.05, 0.1) is 6.61 Å². The van der Waals surface area contributed by atoms with Gasteiger partial charge in [0, 0.05) is 12.3 Å². The minimum absolute atomic E-state index is 0.0734. The zero-order valence-electron chi connectivity index (χ0n) is 13.4. The molecule has 1 atom stereocenters. The number of ketones is 1. The molecule has 1 aromatic heterocycles. The number of rotatable bonds is 8. The molecule has 1 rings (SSSR count). The lowest BCUT2D eigenvalue weighted by Gasteiger charge is -2.20. The van der Waals surface area contributed by atoms with E-state index in [1.807, 2.05) is 0 Å². The molecule has 0 amide bonds. The van der Waals surface area contributed by atoms with E-state index in [1.165, 1.54) is 6.92 Å². The molecule has 25 heavy (non-hydrogen) atoms. The highest BCUT2D eigenvalue weighted by Crippen LogP contribution is 2.43. The molecule has 0 aliphatic heterocycles. The van der Waals surface area contributed by atoms with Crippen molar-refractivity contribution in [2.75, 3.05) is 6.61 Å². The predicted molar refractivity (Wildman–Crippen MR) is 75.2 cm³/mol. The largest absolute Gasteiger partial charge is 0.483 e. The van der Waals surface area contributed by atoms with Gasteiger partial charge in [-0.1, -0.05) is 6.92 Å². The normalized spacial score (nSPS) is 13.2. The Hall–Kier alpha value is -2.26. The molecular formula is C15H16F5NO4. The van der Waals surface area contributed by atoms with E-state index in [2.05, 4.69) is 9.72 Å². The summed E-state index contributed by atoms with van der Waals surface area (Å²) in [4.78, 5) is 26.2. The quantitative estimate of drug-likeness (QED) is 0.399. The molecule has 0 saturated heterocycles. The summed E-state index contributed by atoms with van der Waals surface area (Å²) in [5, 5.41) is 0. The van der Waals surface area contributed by atoms with E-state index in [0.29, 0.717) is 12.3 Å². The van der Waals surface area contributed by atoms with Gasteiger partial charge < -0.3 is 9.47 Å². The van der Waals surface area contributed by atoms with Crippen LogP contribution in [0.5, 0.6) is 5.75 Å². The first-order valence-corrected chi connectivity index (χ1v) is 7.29. The molecule has 1 aromatic rings. The first kappa shape index (κ1) is 20.8. The van der Waals surface area contributed by atoms with Crippen molar-refractivity contribution < 1.29 is 41.0 Å². The zero-order chi connectivity index (χ0) is 19.3. The molecule has 10 heteroatoms. The van der Waals surface area contributed by atoms with Crippen molar-refractivity contribution >= 4 is 11.8 Å². The lowest BCUT2D eigenvalue weighted by molar-refractivity contribution is -0.291. The lowest BCUT2D eigenvalue weighted by atomic mass is 10.1. The molecule has 0 radical (unpaired) electrons. The molecule has 1 heterocycles. The Bertz CT molecular complexity index is 618. The van der Waals surface area contributed by atoms with Gasteiger partial charge >= 0.3 is 18.1 Å². The highest BCUT2D eigenvalue weighted by atomic mass is 19.4. The van der Waals surface area contributed by atoms with Gasteiger partial charge in [0.1, 0.15) is 17.9 Å². The lowest BCUT2D eigenvalue weighted by Crippen LogP contribution is -2.34. The SMILES string of the molecule is CCOC(=O)CC(=O)C(CC)Oc1ccnc(C(F)(F)C(F)(F)F)c1. The van der Waals surface area contributed by atoms with Crippen molar-refractivity contribution in [3.63, 3.8) is 0 Å². The van der Waals surface area contributed by atoms with Crippen LogP contribution >= 0.6 is 0 Å². The summed E-state index contributed by atoms with van der Waals surface area (Å²) < 4.78 is 73.5. The van der Waals surface area contributed by atoms with Gasteiger partial charge in [0.25, 0.3) is 0 Å². The molecular weight excluding hydrogens is 353 g/mol. The molecule has 5 nitrogen and oxygen atoms in total. The fourth-order valence-electron chi connectivity index (χ4n) is 1.81. The number of carbonyl (C=O) groups is 2. The van der Waals surface area contributed by atoms with Crippen molar-refractivity contribution in [1.29, 1.82) is 0 Å². The number of carbonyl (C=O) groups excluding carboxylic acids is 2. The van der Waals surface area contributed by atoms with Crippen LogP contribution in [0.1, 0.15) is 32.4 Å². The van der Waals surface area contributed by atoms with Crippen LogP contribution in [0.15, 0.2) is 18.3 Å². The van der Waals surface area contributed by atoms with Crippen LogP contribution in [-0.4, -0.2) is 35.6 Å². The number of nitrogens with zero attached hydrogens (tertiary/aromatic N) is 1. The number of esters is 1. The smallest absolute Gasteiger partial charge is 0.459 e. The Balaban J connectivity index is 2.93. The second-order valence-electron chi connectivity index (χ2n) is 4.91. The summed E-state index contributed by atoms with van der Waals surface area (Å²) in [7, 11) is 0. The van der Waals surface area contributed by atoms with E-state index >= 15 is 0 Å². The monoisotopic (exact) mass is 369 g/mol. The average molecular weight is 369 g/mol. The third kappa shape index (κ3) is 5.36. The van der Waals surface area contributed by atoms with Crippen molar-refractivity contribution in [3.05, 3.63) is 24.0 Å². The minimum Gasteiger partial charge on any atom is -0.483 e. The maximum atomic E-state index is 13.3. The summed E-state index contributed by atoms with van der Waals surface area (Å²) in [6, 6.07) is 1.45. The number of ether oxygens (including phenoxy) is 2. The zero-order valence-corrected chi connectivity index (χ0v) is 13.4. The summed E-state index contributed by atoms with van der Waals surface area (Å²) in [5.74, 6) is -7.02. The maximum absolute atomic E-state index is 13.3. The van der Waals surface area contributed by atoms with E-state index in [1.54, 1.807) is 6.92 Å². The Labute approximate surface area is 140 Å². The highest BCUT2D eigenvalue weighted by molar-refractivity contribution is 5.98. The van der Waals surface area contributed by atoms with Gasteiger partial charge in [0.2, 0.25) is 0 Å². The molecule has 140 valence electrons. The summed E-state index contributed by atoms with van der Waals surface area (Å²) in [6.07, 6.45) is -6.82. The van der Waals surface area contributed by atoms with Crippen molar-refractivity contribution in [2.45, 2.75) is 44.9 Å².